The number of benzene rings is 1. The van der Waals surface area contributed by atoms with E-state index in [9.17, 15) is 9.18 Å². The van der Waals surface area contributed by atoms with E-state index in [2.05, 4.69) is 0 Å². The van der Waals surface area contributed by atoms with Gasteiger partial charge in [0.1, 0.15) is 5.82 Å². The quantitative estimate of drug-likeness (QED) is 0.797. The molecule has 1 aromatic rings. The molecule has 1 aromatic carbocycles. The minimum atomic E-state index is -0.411. The van der Waals surface area contributed by atoms with Crippen molar-refractivity contribution < 1.29 is 13.9 Å². The number of hydrogen-bond acceptors (Lipinski definition) is 3. The van der Waals surface area contributed by atoms with Crippen LogP contribution in [-0.4, -0.2) is 44.2 Å². The average molecular weight is 254 g/mol. The lowest BCUT2D eigenvalue weighted by Crippen LogP contribution is -2.35. The number of carbonyl (C=O) groups is 1. The number of amides is 1. The molecule has 0 spiro atoms. The Bertz CT molecular complexity index is 377. The normalized spacial score (nSPS) is 10.4. The van der Waals surface area contributed by atoms with Crippen molar-refractivity contribution in [3.63, 3.8) is 0 Å². The fourth-order valence-electron chi connectivity index (χ4n) is 1.60. The van der Waals surface area contributed by atoms with Gasteiger partial charge in [0.25, 0.3) is 5.91 Å². The Morgan fingerprint density at radius 3 is 2.83 bits per heavy atom. The second kappa shape index (κ2) is 7.79. The van der Waals surface area contributed by atoms with Crippen molar-refractivity contribution in [3.8, 4) is 0 Å². The van der Waals surface area contributed by atoms with E-state index in [0.717, 1.165) is 0 Å². The third-order valence-electron chi connectivity index (χ3n) is 2.56. The third kappa shape index (κ3) is 4.43. The van der Waals surface area contributed by atoms with Gasteiger partial charge in [-0.3, -0.25) is 4.79 Å². The summed E-state index contributed by atoms with van der Waals surface area (Å²) in [4.78, 5) is 13.8. The Kier molecular flexibility index (Phi) is 6.32. The van der Waals surface area contributed by atoms with Crippen LogP contribution in [0, 0.1) is 5.82 Å². The van der Waals surface area contributed by atoms with Crippen LogP contribution >= 0.6 is 0 Å². The number of rotatable bonds is 7. The maximum Gasteiger partial charge on any atom is 0.254 e. The van der Waals surface area contributed by atoms with Crippen molar-refractivity contribution in [2.75, 3.05) is 33.4 Å². The monoisotopic (exact) mass is 254 g/mol. The van der Waals surface area contributed by atoms with Crippen LogP contribution in [0.5, 0.6) is 0 Å². The Hall–Kier alpha value is -1.46. The van der Waals surface area contributed by atoms with E-state index in [4.69, 9.17) is 10.5 Å². The predicted molar refractivity (Wildman–Crippen MR) is 67.9 cm³/mol. The molecule has 0 bridgehead atoms. The number of ether oxygens (including phenoxy) is 1. The van der Waals surface area contributed by atoms with Gasteiger partial charge in [-0.05, 0) is 31.2 Å². The van der Waals surface area contributed by atoms with Gasteiger partial charge < -0.3 is 15.4 Å². The van der Waals surface area contributed by atoms with Gasteiger partial charge in [0.2, 0.25) is 0 Å². The fourth-order valence-corrected chi connectivity index (χ4v) is 1.60. The minimum absolute atomic E-state index is 0.194. The lowest BCUT2D eigenvalue weighted by atomic mass is 10.2. The van der Waals surface area contributed by atoms with E-state index in [0.29, 0.717) is 38.2 Å². The molecule has 18 heavy (non-hydrogen) atoms. The number of carbonyl (C=O) groups excluding carboxylic acids is 1. The summed E-state index contributed by atoms with van der Waals surface area (Å²) in [7, 11) is 1.58. The first-order valence-corrected chi connectivity index (χ1v) is 5.93. The topological polar surface area (TPSA) is 55.6 Å². The van der Waals surface area contributed by atoms with Crippen LogP contribution in [0.3, 0.4) is 0 Å². The van der Waals surface area contributed by atoms with Crippen molar-refractivity contribution in [1.29, 1.82) is 0 Å². The molecule has 0 heterocycles. The summed E-state index contributed by atoms with van der Waals surface area (Å²) in [6, 6.07) is 5.69. The van der Waals surface area contributed by atoms with E-state index in [1.165, 1.54) is 18.2 Å². The van der Waals surface area contributed by atoms with Gasteiger partial charge in [-0.1, -0.05) is 6.07 Å². The molecular weight excluding hydrogens is 235 g/mol. The first-order valence-electron chi connectivity index (χ1n) is 5.93. The number of hydrogen-bond donors (Lipinski definition) is 1. The second-order valence-corrected chi connectivity index (χ2v) is 3.94. The summed E-state index contributed by atoms with van der Waals surface area (Å²) in [6.45, 7) is 1.99. The number of methoxy groups -OCH3 is 1. The maximum absolute atomic E-state index is 13.1. The molecule has 4 nitrogen and oxygen atoms in total. The van der Waals surface area contributed by atoms with Crippen LogP contribution in [0.2, 0.25) is 0 Å². The molecule has 0 aromatic heterocycles. The maximum atomic E-state index is 13.1. The van der Waals surface area contributed by atoms with Crippen molar-refractivity contribution in [2.24, 2.45) is 5.73 Å². The Morgan fingerprint density at radius 1 is 1.44 bits per heavy atom. The minimum Gasteiger partial charge on any atom is -0.383 e. The summed E-state index contributed by atoms with van der Waals surface area (Å²) in [5.74, 6) is -0.605. The molecule has 5 heteroatoms. The molecule has 0 saturated heterocycles. The summed E-state index contributed by atoms with van der Waals surface area (Å²) in [5, 5.41) is 0. The molecular formula is C13H19FN2O2. The highest BCUT2D eigenvalue weighted by molar-refractivity contribution is 5.94. The van der Waals surface area contributed by atoms with Gasteiger partial charge in [-0.25, -0.2) is 4.39 Å². The van der Waals surface area contributed by atoms with Gasteiger partial charge in [0.15, 0.2) is 0 Å². The van der Waals surface area contributed by atoms with Crippen LogP contribution in [0.1, 0.15) is 16.8 Å². The van der Waals surface area contributed by atoms with Crippen LogP contribution in [0.4, 0.5) is 4.39 Å². The number of nitrogens with zero attached hydrogens (tertiary/aromatic N) is 1. The fraction of sp³-hybridized carbons (Fsp3) is 0.462. The molecule has 1 rings (SSSR count). The van der Waals surface area contributed by atoms with E-state index in [-0.39, 0.29) is 5.91 Å². The van der Waals surface area contributed by atoms with E-state index in [1.54, 1.807) is 18.1 Å². The van der Waals surface area contributed by atoms with Gasteiger partial charge in [-0.15, -0.1) is 0 Å². The zero-order chi connectivity index (χ0) is 13.4. The highest BCUT2D eigenvalue weighted by Gasteiger charge is 2.15. The summed E-state index contributed by atoms with van der Waals surface area (Å²) < 4.78 is 18.0. The zero-order valence-electron chi connectivity index (χ0n) is 10.6. The van der Waals surface area contributed by atoms with Gasteiger partial charge >= 0.3 is 0 Å². The van der Waals surface area contributed by atoms with E-state index < -0.39 is 5.82 Å². The molecule has 0 unspecified atom stereocenters. The van der Waals surface area contributed by atoms with Crippen molar-refractivity contribution in [1.82, 2.24) is 4.90 Å². The van der Waals surface area contributed by atoms with Crippen molar-refractivity contribution in [3.05, 3.63) is 35.6 Å². The third-order valence-corrected chi connectivity index (χ3v) is 2.56. The highest BCUT2D eigenvalue weighted by Crippen LogP contribution is 2.08. The molecule has 0 fully saturated rings. The Labute approximate surface area is 107 Å². The molecule has 0 aliphatic heterocycles. The first-order chi connectivity index (χ1) is 8.69. The molecule has 0 atom stereocenters. The van der Waals surface area contributed by atoms with Crippen molar-refractivity contribution >= 4 is 5.91 Å². The van der Waals surface area contributed by atoms with Crippen LogP contribution < -0.4 is 5.73 Å². The molecule has 1 amide bonds. The lowest BCUT2D eigenvalue weighted by molar-refractivity contribution is 0.0694. The van der Waals surface area contributed by atoms with Crippen LogP contribution in [0.25, 0.3) is 0 Å². The molecule has 0 saturated carbocycles. The molecule has 2 N–H and O–H groups in total. The Balaban J connectivity index is 2.73. The zero-order valence-corrected chi connectivity index (χ0v) is 10.6. The predicted octanol–water partition coefficient (Wildman–Crippen LogP) is 1.26. The molecule has 0 radical (unpaired) electrons. The SMILES string of the molecule is COCCN(CCCN)C(=O)c1cccc(F)c1. The molecule has 0 aliphatic rings. The smallest absolute Gasteiger partial charge is 0.254 e. The van der Waals surface area contributed by atoms with Crippen LogP contribution in [0.15, 0.2) is 24.3 Å². The van der Waals surface area contributed by atoms with Gasteiger partial charge in [0, 0.05) is 25.8 Å². The summed E-state index contributed by atoms with van der Waals surface area (Å²) in [6.07, 6.45) is 0.713. The first kappa shape index (κ1) is 14.6. The van der Waals surface area contributed by atoms with Gasteiger partial charge in [0.05, 0.1) is 6.61 Å². The number of nitrogens with two attached hydrogens (primary N) is 1. The Morgan fingerprint density at radius 2 is 2.22 bits per heavy atom. The van der Waals surface area contributed by atoms with Crippen molar-refractivity contribution in [2.45, 2.75) is 6.42 Å². The van der Waals surface area contributed by atoms with E-state index >= 15 is 0 Å². The standard InChI is InChI=1S/C13H19FN2O2/c1-18-9-8-16(7-3-6-15)13(17)11-4-2-5-12(14)10-11/h2,4-5,10H,3,6-9,15H2,1H3. The summed E-state index contributed by atoms with van der Waals surface area (Å²) in [5.41, 5.74) is 5.79. The number of halogens is 1. The largest absolute Gasteiger partial charge is 0.383 e. The lowest BCUT2D eigenvalue weighted by Gasteiger charge is -2.22. The summed E-state index contributed by atoms with van der Waals surface area (Å²) >= 11 is 0. The molecule has 100 valence electrons. The second-order valence-electron chi connectivity index (χ2n) is 3.94. The van der Waals surface area contributed by atoms with Crippen LogP contribution in [-0.2, 0) is 4.74 Å². The van der Waals surface area contributed by atoms with E-state index in [1.807, 2.05) is 0 Å². The molecule has 0 aliphatic carbocycles. The highest BCUT2D eigenvalue weighted by atomic mass is 19.1. The van der Waals surface area contributed by atoms with Gasteiger partial charge in [-0.2, -0.15) is 0 Å². The average Bonchev–Trinajstić information content (AvgIpc) is 2.38.